The molecule has 4 bridgehead atoms. The number of aliphatic hydroxyl groups is 1. The number of carbonyl (C=O) groups excluding carboxylic acids is 1. The first-order chi connectivity index (χ1) is 34.1. The van der Waals surface area contributed by atoms with Gasteiger partial charge in [0.25, 0.3) is 0 Å². The molecular weight excluding hydrogens is 913 g/mol. The molecule has 0 saturated heterocycles. The number of hydrogen-bond donors (Lipinski definition) is 1. The number of hydrogen-bond acceptors (Lipinski definition) is 3. The summed E-state index contributed by atoms with van der Waals surface area (Å²) in [5.74, 6) is 0.917. The van der Waals surface area contributed by atoms with Crippen molar-refractivity contribution in [2.24, 2.45) is 93.1 Å². The molecule has 0 aromatic heterocycles. The molecule has 4 rings (SSSR count). The standard InChI is InChI=1S/C72H138O3/c1-32-56(16,17)58(19,34-3)60(21,36-5)62(23,38-7)64(25,40-9)66(27,42-11)68(29,44-13)70(31,46-15)69(30,45-14)67(28,43-12)65(26,41-10)63(24,39-8)61(22,37-6)59(20,35-4)57(18,33-2)55(73)75-72-50-53-47-54(51-72)49-71(74,48-53)52-72/h53-54,74H,32-52H2,1-31H3. The van der Waals surface area contributed by atoms with E-state index < -0.39 is 22.0 Å². The van der Waals surface area contributed by atoms with Gasteiger partial charge in [0.2, 0.25) is 0 Å². The lowest BCUT2D eigenvalue weighted by molar-refractivity contribution is -0.298. The van der Waals surface area contributed by atoms with Crippen LogP contribution in [0.1, 0.15) is 349 Å². The Morgan fingerprint density at radius 2 is 0.573 bits per heavy atom. The van der Waals surface area contributed by atoms with E-state index in [4.69, 9.17) is 4.74 Å². The van der Waals surface area contributed by atoms with E-state index in [1.165, 1.54) is 25.7 Å². The summed E-state index contributed by atoms with van der Waals surface area (Å²) in [6, 6.07) is 0. The second-order valence-corrected chi connectivity index (χ2v) is 31.6. The molecule has 0 aliphatic heterocycles. The van der Waals surface area contributed by atoms with E-state index >= 15 is 4.79 Å². The van der Waals surface area contributed by atoms with Crippen LogP contribution in [0.3, 0.4) is 0 Å². The fraction of sp³-hybridized carbons (Fsp3) is 0.986. The Balaban J connectivity index is 2.51. The van der Waals surface area contributed by atoms with Crippen LogP contribution in [-0.4, -0.2) is 22.3 Å². The Bertz CT molecular complexity index is 1920. The van der Waals surface area contributed by atoms with Gasteiger partial charge in [-0.05, 0) is 217 Å². The molecule has 3 nitrogen and oxygen atoms in total. The molecule has 444 valence electrons. The summed E-state index contributed by atoms with van der Waals surface area (Å²) in [5.41, 5.74) is -2.91. The fourth-order valence-electron chi connectivity index (χ4n) is 24.0. The van der Waals surface area contributed by atoms with Crippen LogP contribution in [0.25, 0.3) is 0 Å². The molecule has 16 atom stereocenters. The molecule has 4 fully saturated rings. The molecule has 4 saturated carbocycles. The molecule has 0 heterocycles. The Kier molecular flexibility index (Phi) is 20.1. The van der Waals surface area contributed by atoms with Crippen molar-refractivity contribution in [1.82, 2.24) is 0 Å². The lowest BCUT2D eigenvalue weighted by atomic mass is 9.26. The highest BCUT2D eigenvalue weighted by Crippen LogP contribution is 2.83. The van der Waals surface area contributed by atoms with Crippen molar-refractivity contribution in [3.05, 3.63) is 0 Å². The molecule has 75 heavy (non-hydrogen) atoms. The van der Waals surface area contributed by atoms with Crippen LogP contribution in [-0.2, 0) is 9.53 Å². The van der Waals surface area contributed by atoms with Gasteiger partial charge in [-0.3, -0.25) is 4.79 Å². The van der Waals surface area contributed by atoms with E-state index in [0.29, 0.717) is 18.3 Å². The third kappa shape index (κ3) is 8.38. The number of ether oxygens (including phenoxy) is 1. The Morgan fingerprint density at radius 3 is 0.773 bits per heavy atom. The van der Waals surface area contributed by atoms with E-state index in [-0.39, 0.29) is 76.4 Å². The maximum atomic E-state index is 15.8. The van der Waals surface area contributed by atoms with E-state index in [2.05, 4.69) is 215 Å². The first-order valence-corrected chi connectivity index (χ1v) is 33.1. The van der Waals surface area contributed by atoms with Gasteiger partial charge in [0, 0.05) is 6.42 Å². The topological polar surface area (TPSA) is 46.5 Å². The molecule has 4 aliphatic rings. The van der Waals surface area contributed by atoms with Crippen LogP contribution >= 0.6 is 0 Å². The second-order valence-electron chi connectivity index (χ2n) is 31.6. The van der Waals surface area contributed by atoms with E-state index in [1.54, 1.807) is 0 Å². The minimum Gasteiger partial charge on any atom is -0.459 e. The smallest absolute Gasteiger partial charge is 0.312 e. The quantitative estimate of drug-likeness (QED) is 0.0704. The van der Waals surface area contributed by atoms with Gasteiger partial charge in [-0.15, -0.1) is 0 Å². The highest BCUT2D eigenvalue weighted by atomic mass is 16.6. The van der Waals surface area contributed by atoms with Gasteiger partial charge in [-0.25, -0.2) is 0 Å². The Hall–Kier alpha value is -0.570. The van der Waals surface area contributed by atoms with Gasteiger partial charge in [0.05, 0.1) is 11.0 Å². The first-order valence-electron chi connectivity index (χ1n) is 33.1. The minimum atomic E-state index is -0.731. The van der Waals surface area contributed by atoms with Crippen molar-refractivity contribution in [3.63, 3.8) is 0 Å². The van der Waals surface area contributed by atoms with Crippen LogP contribution in [0, 0.1) is 93.1 Å². The van der Waals surface area contributed by atoms with Gasteiger partial charge in [0.1, 0.15) is 5.60 Å². The van der Waals surface area contributed by atoms with Crippen molar-refractivity contribution in [2.45, 2.75) is 361 Å². The maximum absolute atomic E-state index is 15.8. The first kappa shape index (κ1) is 68.7. The summed E-state index contributed by atoms with van der Waals surface area (Å²) in [7, 11) is 0. The average molecular weight is 1050 g/mol. The number of rotatable bonds is 31. The summed E-state index contributed by atoms with van der Waals surface area (Å²) in [6.45, 7) is 81.2. The molecule has 4 aliphatic carbocycles. The predicted octanol–water partition coefficient (Wildman–Crippen LogP) is 22.9. The summed E-state index contributed by atoms with van der Waals surface area (Å²) in [4.78, 5) is 15.8. The molecule has 0 amide bonds. The number of esters is 1. The fourth-order valence-corrected chi connectivity index (χ4v) is 24.0. The lowest BCUT2D eigenvalue weighted by Gasteiger charge is -2.78. The third-order valence-electron chi connectivity index (χ3n) is 32.8. The summed E-state index contributed by atoms with van der Waals surface area (Å²) in [5, 5.41) is 11.9. The van der Waals surface area contributed by atoms with Gasteiger partial charge in [-0.1, -0.05) is 214 Å². The van der Waals surface area contributed by atoms with E-state index in [1.807, 2.05) is 0 Å². The zero-order valence-corrected chi connectivity index (χ0v) is 57.3. The summed E-state index contributed by atoms with van der Waals surface area (Å²) >= 11 is 0. The molecule has 0 spiro atoms. The van der Waals surface area contributed by atoms with Crippen LogP contribution in [0.2, 0.25) is 0 Å². The van der Waals surface area contributed by atoms with Gasteiger partial charge < -0.3 is 9.84 Å². The maximum Gasteiger partial charge on any atom is 0.312 e. The molecule has 16 unspecified atom stereocenters. The van der Waals surface area contributed by atoms with Gasteiger partial charge in [0.15, 0.2) is 0 Å². The van der Waals surface area contributed by atoms with Gasteiger partial charge in [-0.2, -0.15) is 0 Å². The SMILES string of the molecule is CCC(C)(C)C(C)(CC)C(C)(CC)C(C)(CC)C(C)(CC)C(C)(CC)C(C)(CC)C(C)(CC)C(C)(CC)C(C)(CC)C(C)(CC)C(C)(CC)C(C)(CC)C(C)(CC)C(C)(CC)C(=O)OC12CC3CC(CC(O)(C3)C1)C2. The number of carbonyl (C=O) groups is 1. The van der Waals surface area contributed by atoms with Crippen molar-refractivity contribution in [1.29, 1.82) is 0 Å². The van der Waals surface area contributed by atoms with Gasteiger partial charge >= 0.3 is 5.97 Å². The third-order valence-corrected chi connectivity index (χ3v) is 32.8. The lowest BCUT2D eigenvalue weighted by Crippen LogP contribution is -2.72. The highest BCUT2D eigenvalue weighted by molar-refractivity contribution is 5.78. The molecule has 3 heteroatoms. The Labute approximate surface area is 472 Å². The summed E-state index contributed by atoms with van der Waals surface area (Å²) < 4.78 is 7.17. The van der Waals surface area contributed by atoms with Crippen molar-refractivity contribution in [3.8, 4) is 0 Å². The summed E-state index contributed by atoms with van der Waals surface area (Å²) in [6.07, 6.45) is 21.5. The van der Waals surface area contributed by atoms with Crippen LogP contribution in [0.5, 0.6) is 0 Å². The van der Waals surface area contributed by atoms with Crippen LogP contribution in [0.4, 0.5) is 0 Å². The average Bonchev–Trinajstić information content (AvgIpc) is 3.39. The highest BCUT2D eigenvalue weighted by Gasteiger charge is 2.77. The molecular formula is C72H138O3. The molecule has 0 aromatic rings. The monoisotopic (exact) mass is 1050 g/mol. The zero-order chi connectivity index (χ0) is 58.8. The molecule has 0 radical (unpaired) electrons. The van der Waals surface area contributed by atoms with Crippen LogP contribution in [0.15, 0.2) is 0 Å². The van der Waals surface area contributed by atoms with Crippen molar-refractivity contribution >= 4 is 5.97 Å². The predicted molar refractivity (Wildman–Crippen MR) is 330 cm³/mol. The molecule has 1 N–H and O–H groups in total. The van der Waals surface area contributed by atoms with E-state index in [0.717, 1.165) is 103 Å². The zero-order valence-electron chi connectivity index (χ0n) is 57.3. The van der Waals surface area contributed by atoms with Crippen molar-refractivity contribution in [2.75, 3.05) is 0 Å². The Morgan fingerprint density at radius 1 is 0.347 bits per heavy atom. The van der Waals surface area contributed by atoms with Crippen LogP contribution < -0.4 is 0 Å². The second kappa shape index (κ2) is 22.0. The van der Waals surface area contributed by atoms with E-state index in [9.17, 15) is 5.11 Å². The van der Waals surface area contributed by atoms with Crippen molar-refractivity contribution < 1.29 is 14.6 Å². The molecule has 0 aromatic carbocycles. The minimum absolute atomic E-state index is 0.00117. The largest absolute Gasteiger partial charge is 0.459 e. The normalized spacial score (nSPS) is 32.5.